The number of amides is 1. The molecule has 5 nitrogen and oxygen atoms in total. The van der Waals surface area contributed by atoms with Gasteiger partial charge < -0.3 is 10.6 Å². The quantitative estimate of drug-likeness (QED) is 0.606. The third kappa shape index (κ3) is 4.84. The largest absolute Gasteiger partial charge is 0.370 e. The van der Waals surface area contributed by atoms with Crippen LogP contribution in [0.15, 0.2) is 29.4 Å². The zero-order chi connectivity index (χ0) is 17.6. The highest BCUT2D eigenvalue weighted by atomic mass is 32.2. The van der Waals surface area contributed by atoms with Gasteiger partial charge in [-0.1, -0.05) is 30.8 Å². The van der Waals surface area contributed by atoms with E-state index in [2.05, 4.69) is 27.5 Å². The van der Waals surface area contributed by atoms with E-state index < -0.39 is 0 Å². The third-order valence-electron chi connectivity index (χ3n) is 4.64. The Morgan fingerprint density at radius 3 is 2.72 bits per heavy atom. The van der Waals surface area contributed by atoms with E-state index in [0.29, 0.717) is 17.0 Å². The Hall–Kier alpha value is -1.82. The minimum Gasteiger partial charge on any atom is -0.370 e. The Bertz CT molecular complexity index is 728. The van der Waals surface area contributed by atoms with Crippen LogP contribution < -0.4 is 10.6 Å². The fourth-order valence-electron chi connectivity index (χ4n) is 3.23. The standard InChI is InChI=1S/C19H26N4OS/c1-3-20-18-15-6-4-5-7-16(15)22-19(23-18)25-12-17(24)21-14-10-8-13(2)9-11-14/h4-7,13-14H,3,8-12H2,1-2H3,(H,21,24)(H,20,22,23). The molecule has 1 heterocycles. The van der Waals surface area contributed by atoms with Gasteiger partial charge in [-0.25, -0.2) is 9.97 Å². The summed E-state index contributed by atoms with van der Waals surface area (Å²) in [7, 11) is 0. The first-order valence-corrected chi connectivity index (χ1v) is 10.1. The average Bonchev–Trinajstić information content (AvgIpc) is 2.62. The van der Waals surface area contributed by atoms with Crippen molar-refractivity contribution in [1.82, 2.24) is 15.3 Å². The highest BCUT2D eigenvalue weighted by Crippen LogP contribution is 2.25. The molecule has 2 N–H and O–H groups in total. The minimum absolute atomic E-state index is 0.0753. The van der Waals surface area contributed by atoms with Crippen LogP contribution >= 0.6 is 11.8 Å². The molecule has 134 valence electrons. The van der Waals surface area contributed by atoms with Crippen LogP contribution in [0.4, 0.5) is 5.82 Å². The summed E-state index contributed by atoms with van der Waals surface area (Å²) in [6.45, 7) is 5.13. The van der Waals surface area contributed by atoms with Crippen molar-refractivity contribution in [2.24, 2.45) is 5.92 Å². The van der Waals surface area contributed by atoms with Crippen molar-refractivity contribution in [2.75, 3.05) is 17.6 Å². The lowest BCUT2D eigenvalue weighted by Gasteiger charge is -2.26. The fourth-order valence-corrected chi connectivity index (χ4v) is 3.89. The molecule has 1 aliphatic rings. The second kappa shape index (κ2) is 8.52. The molecule has 0 spiro atoms. The number of carbonyl (C=O) groups is 1. The lowest BCUT2D eigenvalue weighted by molar-refractivity contribution is -0.119. The zero-order valence-electron chi connectivity index (χ0n) is 14.9. The van der Waals surface area contributed by atoms with Crippen molar-refractivity contribution < 1.29 is 4.79 Å². The van der Waals surface area contributed by atoms with Gasteiger partial charge in [0, 0.05) is 18.0 Å². The van der Waals surface area contributed by atoms with Gasteiger partial charge in [0.2, 0.25) is 5.91 Å². The Morgan fingerprint density at radius 1 is 1.20 bits per heavy atom. The lowest BCUT2D eigenvalue weighted by atomic mass is 9.87. The predicted octanol–water partition coefficient (Wildman–Crippen LogP) is 3.85. The fraction of sp³-hybridized carbons (Fsp3) is 0.526. The van der Waals surface area contributed by atoms with Crippen molar-refractivity contribution in [3.8, 4) is 0 Å². The summed E-state index contributed by atoms with van der Waals surface area (Å²) in [6.07, 6.45) is 4.60. The number of nitrogens with one attached hydrogen (secondary N) is 2. The van der Waals surface area contributed by atoms with E-state index in [1.807, 2.05) is 31.2 Å². The molecule has 1 fully saturated rings. The van der Waals surface area contributed by atoms with Crippen LogP contribution in [0.5, 0.6) is 0 Å². The van der Waals surface area contributed by atoms with Crippen molar-refractivity contribution in [2.45, 2.75) is 50.7 Å². The van der Waals surface area contributed by atoms with Gasteiger partial charge in [-0.05, 0) is 50.7 Å². The second-order valence-corrected chi connectivity index (χ2v) is 7.66. The van der Waals surface area contributed by atoms with E-state index >= 15 is 0 Å². The highest BCUT2D eigenvalue weighted by molar-refractivity contribution is 7.99. The van der Waals surface area contributed by atoms with E-state index in [-0.39, 0.29) is 5.91 Å². The van der Waals surface area contributed by atoms with Crippen molar-refractivity contribution >= 4 is 34.4 Å². The number of hydrogen-bond donors (Lipinski definition) is 2. The van der Waals surface area contributed by atoms with E-state index in [0.717, 1.165) is 42.0 Å². The van der Waals surface area contributed by atoms with Gasteiger partial charge >= 0.3 is 0 Å². The van der Waals surface area contributed by atoms with Crippen molar-refractivity contribution in [1.29, 1.82) is 0 Å². The molecule has 1 aromatic carbocycles. The summed E-state index contributed by atoms with van der Waals surface area (Å²) in [5.74, 6) is 2.05. The number of thioether (sulfide) groups is 1. The first-order chi connectivity index (χ1) is 12.2. The summed E-state index contributed by atoms with van der Waals surface area (Å²) in [5, 5.41) is 8.09. The predicted molar refractivity (Wildman–Crippen MR) is 104 cm³/mol. The highest BCUT2D eigenvalue weighted by Gasteiger charge is 2.20. The molecular weight excluding hydrogens is 332 g/mol. The Labute approximate surface area is 153 Å². The first-order valence-electron chi connectivity index (χ1n) is 9.08. The van der Waals surface area contributed by atoms with E-state index in [1.165, 1.54) is 24.6 Å². The number of rotatable bonds is 6. The van der Waals surface area contributed by atoms with Crippen molar-refractivity contribution in [3.63, 3.8) is 0 Å². The summed E-state index contributed by atoms with van der Waals surface area (Å²) < 4.78 is 0. The molecule has 0 aliphatic heterocycles. The average molecular weight is 359 g/mol. The number of aromatic nitrogens is 2. The maximum atomic E-state index is 12.2. The van der Waals surface area contributed by atoms with Gasteiger partial charge in [-0.3, -0.25) is 4.79 Å². The maximum absolute atomic E-state index is 12.2. The van der Waals surface area contributed by atoms with E-state index in [1.54, 1.807) is 0 Å². The number of hydrogen-bond acceptors (Lipinski definition) is 5. The van der Waals surface area contributed by atoms with Crippen LogP contribution in [0, 0.1) is 5.92 Å². The molecule has 0 saturated heterocycles. The topological polar surface area (TPSA) is 66.9 Å². The van der Waals surface area contributed by atoms with E-state index in [4.69, 9.17) is 0 Å². The molecule has 2 aromatic rings. The minimum atomic E-state index is 0.0753. The molecule has 0 atom stereocenters. The zero-order valence-corrected chi connectivity index (χ0v) is 15.7. The molecule has 1 amide bonds. The third-order valence-corrected chi connectivity index (χ3v) is 5.49. The van der Waals surface area contributed by atoms with Crippen LogP contribution in [-0.2, 0) is 4.79 Å². The number of nitrogens with zero attached hydrogens (tertiary/aromatic N) is 2. The van der Waals surface area contributed by atoms with Crippen LogP contribution in [-0.4, -0.2) is 34.2 Å². The van der Waals surface area contributed by atoms with Crippen molar-refractivity contribution in [3.05, 3.63) is 24.3 Å². The summed E-state index contributed by atoms with van der Waals surface area (Å²) in [4.78, 5) is 21.4. The van der Waals surface area contributed by atoms with Crippen LogP contribution in [0.1, 0.15) is 39.5 Å². The number of carbonyl (C=O) groups excluding carboxylic acids is 1. The molecule has 1 saturated carbocycles. The Balaban J connectivity index is 1.61. The second-order valence-electron chi connectivity index (χ2n) is 6.72. The molecule has 0 radical (unpaired) electrons. The summed E-state index contributed by atoms with van der Waals surface area (Å²) >= 11 is 1.40. The van der Waals surface area contributed by atoms with Gasteiger partial charge in [-0.15, -0.1) is 0 Å². The number of fused-ring (bicyclic) bond motifs is 1. The molecule has 6 heteroatoms. The Morgan fingerprint density at radius 2 is 1.96 bits per heavy atom. The van der Waals surface area contributed by atoms with Gasteiger partial charge in [-0.2, -0.15) is 0 Å². The summed E-state index contributed by atoms with van der Waals surface area (Å²) in [5.41, 5.74) is 0.901. The van der Waals surface area contributed by atoms with E-state index in [9.17, 15) is 4.79 Å². The SMILES string of the molecule is CCNc1nc(SCC(=O)NC2CCC(C)CC2)nc2ccccc12. The molecule has 25 heavy (non-hydrogen) atoms. The monoisotopic (exact) mass is 358 g/mol. The van der Waals surface area contributed by atoms with Gasteiger partial charge in [0.25, 0.3) is 0 Å². The molecular formula is C19H26N4OS. The van der Waals surface area contributed by atoms with Gasteiger partial charge in [0.1, 0.15) is 5.82 Å². The van der Waals surface area contributed by atoms with Crippen LogP contribution in [0.25, 0.3) is 10.9 Å². The molecule has 0 unspecified atom stereocenters. The Kier molecular flexibility index (Phi) is 6.13. The molecule has 1 aliphatic carbocycles. The number of benzene rings is 1. The summed E-state index contributed by atoms with van der Waals surface area (Å²) in [6, 6.07) is 8.27. The lowest BCUT2D eigenvalue weighted by Crippen LogP contribution is -2.38. The van der Waals surface area contributed by atoms with Crippen LogP contribution in [0.3, 0.4) is 0 Å². The normalized spacial score (nSPS) is 20.4. The smallest absolute Gasteiger partial charge is 0.230 e. The van der Waals surface area contributed by atoms with Crippen LogP contribution in [0.2, 0.25) is 0 Å². The number of anilines is 1. The molecule has 1 aromatic heterocycles. The number of para-hydroxylation sites is 1. The van der Waals surface area contributed by atoms with Gasteiger partial charge in [0.15, 0.2) is 5.16 Å². The molecule has 3 rings (SSSR count). The first kappa shape index (κ1) is 18.0. The maximum Gasteiger partial charge on any atom is 0.230 e. The molecule has 0 bridgehead atoms. The van der Waals surface area contributed by atoms with Gasteiger partial charge in [0.05, 0.1) is 11.3 Å².